The van der Waals surface area contributed by atoms with Gasteiger partial charge in [-0.1, -0.05) is 6.07 Å². The lowest BCUT2D eigenvalue weighted by molar-refractivity contribution is -0.384. The maximum Gasteiger partial charge on any atom is 0.315 e. The highest BCUT2D eigenvalue weighted by molar-refractivity contribution is 6.04. The SMILES string of the molecule is CCOC(=O)CC(=O)N1CCc2ccc([N+](=O)[O-])cc21. The maximum atomic E-state index is 12.0. The first-order valence-corrected chi connectivity index (χ1v) is 6.26. The first kappa shape index (κ1) is 14.0. The summed E-state index contributed by atoms with van der Waals surface area (Å²) in [5.74, 6) is -0.987. The molecule has 0 saturated carbocycles. The number of esters is 1. The van der Waals surface area contributed by atoms with Gasteiger partial charge in [0.15, 0.2) is 0 Å². The third-order valence-electron chi connectivity index (χ3n) is 3.08. The van der Waals surface area contributed by atoms with Crippen LogP contribution in [0.25, 0.3) is 0 Å². The number of carbonyl (C=O) groups excluding carboxylic acids is 2. The molecule has 1 aromatic carbocycles. The standard InChI is InChI=1S/C13H14N2O5/c1-2-20-13(17)8-12(16)14-6-5-9-3-4-10(15(18)19)7-11(9)14/h3-4,7H,2,5-6,8H2,1H3. The summed E-state index contributed by atoms with van der Waals surface area (Å²) in [5.41, 5.74) is 1.31. The van der Waals surface area contributed by atoms with E-state index in [2.05, 4.69) is 0 Å². The Morgan fingerprint density at radius 1 is 1.45 bits per heavy atom. The molecule has 1 aliphatic rings. The normalized spacial score (nSPS) is 12.9. The van der Waals surface area contributed by atoms with Crippen LogP contribution in [-0.2, 0) is 20.7 Å². The summed E-state index contributed by atoms with van der Waals surface area (Å²) < 4.78 is 4.73. The number of ether oxygens (including phenoxy) is 1. The zero-order valence-electron chi connectivity index (χ0n) is 11.0. The van der Waals surface area contributed by atoms with Gasteiger partial charge in [-0.05, 0) is 18.9 Å². The molecule has 0 radical (unpaired) electrons. The summed E-state index contributed by atoms with van der Waals surface area (Å²) in [5, 5.41) is 10.8. The first-order valence-electron chi connectivity index (χ1n) is 6.26. The summed E-state index contributed by atoms with van der Waals surface area (Å²) >= 11 is 0. The number of nitro benzene ring substituents is 1. The van der Waals surface area contributed by atoms with Crippen LogP contribution in [0.4, 0.5) is 11.4 Å². The average molecular weight is 278 g/mol. The molecule has 0 atom stereocenters. The number of hydrogen-bond donors (Lipinski definition) is 0. The van der Waals surface area contributed by atoms with Crippen LogP contribution in [0, 0.1) is 10.1 Å². The molecule has 1 heterocycles. The summed E-state index contributed by atoms with van der Waals surface area (Å²) in [6.45, 7) is 2.31. The van der Waals surface area contributed by atoms with Crippen molar-refractivity contribution in [2.24, 2.45) is 0 Å². The third kappa shape index (κ3) is 2.76. The van der Waals surface area contributed by atoms with Crippen LogP contribution in [0.2, 0.25) is 0 Å². The van der Waals surface area contributed by atoms with E-state index in [0.29, 0.717) is 18.7 Å². The Kier molecular flexibility index (Phi) is 3.97. The number of fused-ring (bicyclic) bond motifs is 1. The third-order valence-corrected chi connectivity index (χ3v) is 3.08. The second-order valence-corrected chi connectivity index (χ2v) is 4.35. The number of rotatable bonds is 4. The number of benzene rings is 1. The molecule has 20 heavy (non-hydrogen) atoms. The fourth-order valence-corrected chi connectivity index (χ4v) is 2.17. The Morgan fingerprint density at radius 2 is 2.20 bits per heavy atom. The zero-order chi connectivity index (χ0) is 14.7. The Labute approximate surface area is 115 Å². The molecule has 0 N–H and O–H groups in total. The summed E-state index contributed by atoms with van der Waals surface area (Å²) in [4.78, 5) is 35.0. The van der Waals surface area contributed by atoms with Gasteiger partial charge in [0.1, 0.15) is 6.42 Å². The van der Waals surface area contributed by atoms with Crippen LogP contribution in [0.5, 0.6) is 0 Å². The topological polar surface area (TPSA) is 89.8 Å². The van der Waals surface area contributed by atoms with E-state index in [0.717, 1.165) is 5.56 Å². The molecule has 0 bridgehead atoms. The number of carbonyl (C=O) groups is 2. The van der Waals surface area contributed by atoms with E-state index < -0.39 is 16.8 Å². The fraction of sp³-hybridized carbons (Fsp3) is 0.385. The van der Waals surface area contributed by atoms with Gasteiger partial charge < -0.3 is 9.64 Å². The van der Waals surface area contributed by atoms with E-state index >= 15 is 0 Å². The summed E-state index contributed by atoms with van der Waals surface area (Å²) in [6, 6.07) is 4.43. The molecule has 1 aromatic rings. The van der Waals surface area contributed by atoms with Crippen molar-refractivity contribution >= 4 is 23.3 Å². The van der Waals surface area contributed by atoms with E-state index in [-0.39, 0.29) is 18.7 Å². The van der Waals surface area contributed by atoms with Gasteiger partial charge in [-0.25, -0.2) is 0 Å². The molecule has 1 amide bonds. The molecule has 0 unspecified atom stereocenters. The monoisotopic (exact) mass is 278 g/mol. The molecule has 0 aromatic heterocycles. The van der Waals surface area contributed by atoms with Crippen molar-refractivity contribution in [3.8, 4) is 0 Å². The van der Waals surface area contributed by atoms with Gasteiger partial charge in [0.2, 0.25) is 5.91 Å². The van der Waals surface area contributed by atoms with Gasteiger partial charge in [0, 0.05) is 18.7 Å². The van der Waals surface area contributed by atoms with Crippen molar-refractivity contribution in [1.29, 1.82) is 0 Å². The highest BCUT2D eigenvalue weighted by atomic mass is 16.6. The van der Waals surface area contributed by atoms with E-state index in [4.69, 9.17) is 4.74 Å². The lowest BCUT2D eigenvalue weighted by atomic mass is 10.1. The molecule has 106 valence electrons. The van der Waals surface area contributed by atoms with Crippen molar-refractivity contribution < 1.29 is 19.2 Å². The molecule has 2 rings (SSSR count). The molecule has 7 heteroatoms. The molecule has 0 spiro atoms. The Balaban J connectivity index is 2.18. The van der Waals surface area contributed by atoms with Gasteiger partial charge in [0.05, 0.1) is 17.2 Å². The molecule has 0 aliphatic carbocycles. The lowest BCUT2D eigenvalue weighted by Gasteiger charge is -2.16. The predicted octanol–water partition coefficient (Wildman–Crippen LogP) is 1.44. The molecule has 0 saturated heterocycles. The van der Waals surface area contributed by atoms with Gasteiger partial charge in [-0.2, -0.15) is 0 Å². The number of nitrogens with zero attached hydrogens (tertiary/aromatic N) is 2. The Hall–Kier alpha value is -2.44. The highest BCUT2D eigenvalue weighted by Gasteiger charge is 2.28. The van der Waals surface area contributed by atoms with Crippen LogP contribution in [0.1, 0.15) is 18.9 Å². The van der Waals surface area contributed by atoms with Crippen molar-refractivity contribution in [3.63, 3.8) is 0 Å². The quantitative estimate of drug-likeness (QED) is 0.360. The van der Waals surface area contributed by atoms with Crippen LogP contribution >= 0.6 is 0 Å². The molecular weight excluding hydrogens is 264 g/mol. The van der Waals surface area contributed by atoms with Gasteiger partial charge in [-0.15, -0.1) is 0 Å². The minimum atomic E-state index is -0.587. The maximum absolute atomic E-state index is 12.0. The van der Waals surface area contributed by atoms with Crippen LogP contribution in [0.3, 0.4) is 0 Å². The zero-order valence-corrected chi connectivity index (χ0v) is 11.0. The minimum absolute atomic E-state index is 0.0698. The molecule has 0 fully saturated rings. The highest BCUT2D eigenvalue weighted by Crippen LogP contribution is 2.32. The van der Waals surface area contributed by atoms with Crippen molar-refractivity contribution in [2.75, 3.05) is 18.1 Å². The lowest BCUT2D eigenvalue weighted by Crippen LogP contribution is -2.31. The number of anilines is 1. The minimum Gasteiger partial charge on any atom is -0.466 e. The van der Waals surface area contributed by atoms with Crippen molar-refractivity contribution in [1.82, 2.24) is 0 Å². The first-order chi connectivity index (χ1) is 9.52. The average Bonchev–Trinajstić information content (AvgIpc) is 2.81. The van der Waals surface area contributed by atoms with Gasteiger partial charge in [0.25, 0.3) is 5.69 Å². The Morgan fingerprint density at radius 3 is 2.85 bits per heavy atom. The van der Waals surface area contributed by atoms with Crippen molar-refractivity contribution in [3.05, 3.63) is 33.9 Å². The number of hydrogen-bond acceptors (Lipinski definition) is 5. The summed E-state index contributed by atoms with van der Waals surface area (Å²) in [7, 11) is 0. The number of non-ortho nitro benzene ring substituents is 1. The van der Waals surface area contributed by atoms with Gasteiger partial charge in [-0.3, -0.25) is 19.7 Å². The second-order valence-electron chi connectivity index (χ2n) is 4.35. The molecule has 7 nitrogen and oxygen atoms in total. The molecule has 1 aliphatic heterocycles. The smallest absolute Gasteiger partial charge is 0.315 e. The predicted molar refractivity (Wildman–Crippen MR) is 70.4 cm³/mol. The van der Waals surface area contributed by atoms with Gasteiger partial charge >= 0.3 is 5.97 Å². The fourth-order valence-electron chi connectivity index (χ4n) is 2.17. The number of amides is 1. The van der Waals surface area contributed by atoms with E-state index in [1.54, 1.807) is 13.0 Å². The summed E-state index contributed by atoms with van der Waals surface area (Å²) in [6.07, 6.45) is 0.276. The second kappa shape index (κ2) is 5.68. The molecular formula is C13H14N2O5. The van der Waals surface area contributed by atoms with Crippen molar-refractivity contribution in [2.45, 2.75) is 19.8 Å². The number of nitro groups is 1. The van der Waals surface area contributed by atoms with E-state index in [1.807, 2.05) is 0 Å². The van der Waals surface area contributed by atoms with Crippen LogP contribution in [0.15, 0.2) is 18.2 Å². The van der Waals surface area contributed by atoms with Crippen LogP contribution < -0.4 is 4.90 Å². The Bertz CT molecular complexity index is 570. The van der Waals surface area contributed by atoms with E-state index in [1.165, 1.54) is 17.0 Å². The largest absolute Gasteiger partial charge is 0.466 e. The van der Waals surface area contributed by atoms with Crippen LogP contribution in [-0.4, -0.2) is 30.0 Å². The van der Waals surface area contributed by atoms with E-state index in [9.17, 15) is 19.7 Å².